The first kappa shape index (κ1) is 12.9. The van der Waals surface area contributed by atoms with Crippen molar-refractivity contribution in [2.45, 2.75) is 46.1 Å². The van der Waals surface area contributed by atoms with Crippen molar-refractivity contribution >= 4 is 5.91 Å². The maximum absolute atomic E-state index is 12.3. The Morgan fingerprint density at radius 2 is 2.18 bits per heavy atom. The van der Waals surface area contributed by atoms with Crippen molar-refractivity contribution in [3.8, 4) is 0 Å². The van der Waals surface area contributed by atoms with E-state index in [0.29, 0.717) is 29.7 Å². The van der Waals surface area contributed by atoms with Gasteiger partial charge in [-0.05, 0) is 37.6 Å². The fourth-order valence-corrected chi connectivity index (χ4v) is 2.77. The number of hydrogen-bond donors (Lipinski definition) is 1. The zero-order valence-corrected chi connectivity index (χ0v) is 11.4. The first-order chi connectivity index (χ1) is 8.08. The van der Waals surface area contributed by atoms with E-state index in [1.54, 1.807) is 0 Å². The monoisotopic (exact) mass is 238 g/mol. The van der Waals surface area contributed by atoms with Crippen LogP contribution in [0.4, 0.5) is 0 Å². The van der Waals surface area contributed by atoms with Crippen LogP contribution in [0.25, 0.3) is 0 Å². The molecule has 0 aromatic rings. The van der Waals surface area contributed by atoms with E-state index in [1.165, 1.54) is 12.8 Å². The Kier molecular flexibility index (Phi) is 4.08. The summed E-state index contributed by atoms with van der Waals surface area (Å²) in [6.45, 7) is 9.52. The molecule has 1 aliphatic carbocycles. The third-order valence-corrected chi connectivity index (χ3v) is 3.93. The largest absolute Gasteiger partial charge is 0.341 e. The Hall–Kier alpha value is -0.570. The molecule has 17 heavy (non-hydrogen) atoms. The molecule has 98 valence electrons. The normalized spacial score (nSPS) is 31.9. The van der Waals surface area contributed by atoms with Crippen LogP contribution in [0, 0.1) is 17.8 Å². The number of carbonyl (C=O) groups excluding carboxylic acids is 1. The van der Waals surface area contributed by atoms with Gasteiger partial charge < -0.3 is 10.2 Å². The van der Waals surface area contributed by atoms with Crippen molar-refractivity contribution in [1.29, 1.82) is 0 Å². The van der Waals surface area contributed by atoms with Crippen LogP contribution in [0.5, 0.6) is 0 Å². The van der Waals surface area contributed by atoms with Crippen LogP contribution in [0.15, 0.2) is 0 Å². The summed E-state index contributed by atoms with van der Waals surface area (Å²) < 4.78 is 0. The maximum Gasteiger partial charge on any atom is 0.226 e. The van der Waals surface area contributed by atoms with E-state index in [4.69, 9.17) is 0 Å². The highest BCUT2D eigenvalue weighted by Crippen LogP contribution is 2.39. The SMILES string of the molecule is CC(C)CN(CC1CCCN1)C(=O)C1CC1C. The van der Waals surface area contributed by atoms with Gasteiger partial charge in [0, 0.05) is 25.0 Å². The molecule has 1 saturated heterocycles. The van der Waals surface area contributed by atoms with E-state index in [9.17, 15) is 4.79 Å². The second kappa shape index (κ2) is 5.38. The second-order valence-electron chi connectivity index (χ2n) is 6.25. The van der Waals surface area contributed by atoms with Crippen LogP contribution in [0.3, 0.4) is 0 Å². The van der Waals surface area contributed by atoms with Gasteiger partial charge in [-0.3, -0.25) is 4.79 Å². The first-order valence-electron chi connectivity index (χ1n) is 7.10. The van der Waals surface area contributed by atoms with Crippen molar-refractivity contribution in [2.24, 2.45) is 17.8 Å². The third-order valence-electron chi connectivity index (χ3n) is 3.93. The summed E-state index contributed by atoms with van der Waals surface area (Å²) >= 11 is 0. The molecule has 3 heteroatoms. The van der Waals surface area contributed by atoms with Crippen molar-refractivity contribution in [1.82, 2.24) is 10.2 Å². The topological polar surface area (TPSA) is 32.3 Å². The molecule has 2 fully saturated rings. The van der Waals surface area contributed by atoms with Crippen molar-refractivity contribution in [2.75, 3.05) is 19.6 Å². The predicted octanol–water partition coefficient (Wildman–Crippen LogP) is 1.88. The molecule has 2 rings (SSSR count). The number of rotatable bonds is 5. The molecule has 0 bridgehead atoms. The lowest BCUT2D eigenvalue weighted by Gasteiger charge is -2.27. The van der Waals surface area contributed by atoms with Gasteiger partial charge in [-0.25, -0.2) is 0 Å². The lowest BCUT2D eigenvalue weighted by Crippen LogP contribution is -2.43. The highest BCUT2D eigenvalue weighted by molar-refractivity contribution is 5.81. The van der Waals surface area contributed by atoms with Crippen LogP contribution in [0.1, 0.15) is 40.0 Å². The summed E-state index contributed by atoms with van der Waals surface area (Å²) in [6, 6.07) is 0.534. The third kappa shape index (κ3) is 3.44. The van der Waals surface area contributed by atoms with E-state index in [0.717, 1.165) is 26.1 Å². The number of nitrogens with one attached hydrogen (secondary N) is 1. The van der Waals surface area contributed by atoms with Crippen LogP contribution in [-0.4, -0.2) is 36.5 Å². The fourth-order valence-electron chi connectivity index (χ4n) is 2.77. The lowest BCUT2D eigenvalue weighted by atomic mass is 10.1. The molecule has 0 aromatic heterocycles. The summed E-state index contributed by atoms with van der Waals surface area (Å²) in [5.74, 6) is 1.91. The summed E-state index contributed by atoms with van der Waals surface area (Å²) in [5, 5.41) is 3.49. The molecule has 3 atom stereocenters. The maximum atomic E-state index is 12.3. The fraction of sp³-hybridized carbons (Fsp3) is 0.929. The number of nitrogens with zero attached hydrogens (tertiary/aromatic N) is 1. The number of carbonyl (C=O) groups is 1. The molecule has 1 amide bonds. The van der Waals surface area contributed by atoms with Gasteiger partial charge in [-0.15, -0.1) is 0 Å². The van der Waals surface area contributed by atoms with Crippen molar-refractivity contribution in [3.63, 3.8) is 0 Å². The van der Waals surface area contributed by atoms with Gasteiger partial charge in [0.25, 0.3) is 0 Å². The van der Waals surface area contributed by atoms with Crippen molar-refractivity contribution in [3.05, 3.63) is 0 Å². The quantitative estimate of drug-likeness (QED) is 0.793. The average Bonchev–Trinajstić information content (AvgIpc) is 2.77. The number of amides is 1. The molecule has 3 nitrogen and oxygen atoms in total. The Balaban J connectivity index is 1.89. The van der Waals surface area contributed by atoms with E-state index in [-0.39, 0.29) is 0 Å². The molecule has 1 saturated carbocycles. The van der Waals surface area contributed by atoms with Crippen LogP contribution in [-0.2, 0) is 4.79 Å². The van der Waals surface area contributed by atoms with Gasteiger partial charge in [0.05, 0.1) is 0 Å². The Morgan fingerprint density at radius 3 is 2.65 bits per heavy atom. The Bertz CT molecular complexity index is 271. The summed E-state index contributed by atoms with van der Waals surface area (Å²) in [5.41, 5.74) is 0. The van der Waals surface area contributed by atoms with Crippen LogP contribution >= 0.6 is 0 Å². The molecule has 0 radical (unpaired) electrons. The summed E-state index contributed by atoms with van der Waals surface area (Å²) in [4.78, 5) is 14.5. The molecule has 2 aliphatic rings. The van der Waals surface area contributed by atoms with Crippen molar-refractivity contribution < 1.29 is 4.79 Å². The van der Waals surface area contributed by atoms with Gasteiger partial charge in [0.15, 0.2) is 0 Å². The highest BCUT2D eigenvalue weighted by atomic mass is 16.2. The number of hydrogen-bond acceptors (Lipinski definition) is 2. The molecule has 1 aliphatic heterocycles. The van der Waals surface area contributed by atoms with E-state index in [1.807, 2.05) is 0 Å². The van der Waals surface area contributed by atoms with E-state index in [2.05, 4.69) is 31.0 Å². The minimum Gasteiger partial charge on any atom is -0.341 e. The van der Waals surface area contributed by atoms with E-state index < -0.39 is 0 Å². The standard InChI is InChI=1S/C14H26N2O/c1-10(2)8-16(9-12-5-4-6-15-12)14(17)13-7-11(13)3/h10-13,15H,4-9H2,1-3H3. The molecular formula is C14H26N2O. The molecule has 0 aromatic carbocycles. The molecule has 1 N–H and O–H groups in total. The highest BCUT2D eigenvalue weighted by Gasteiger charge is 2.41. The second-order valence-corrected chi connectivity index (χ2v) is 6.25. The lowest BCUT2D eigenvalue weighted by molar-refractivity contribution is -0.133. The smallest absolute Gasteiger partial charge is 0.226 e. The zero-order valence-electron chi connectivity index (χ0n) is 11.4. The molecule has 3 unspecified atom stereocenters. The van der Waals surface area contributed by atoms with Gasteiger partial charge >= 0.3 is 0 Å². The van der Waals surface area contributed by atoms with Crippen LogP contribution in [0.2, 0.25) is 0 Å². The predicted molar refractivity (Wildman–Crippen MR) is 69.7 cm³/mol. The molecule has 0 spiro atoms. The Morgan fingerprint density at radius 1 is 1.47 bits per heavy atom. The zero-order chi connectivity index (χ0) is 12.4. The van der Waals surface area contributed by atoms with Gasteiger partial charge in [0.1, 0.15) is 0 Å². The summed E-state index contributed by atoms with van der Waals surface area (Å²) in [7, 11) is 0. The van der Waals surface area contributed by atoms with Gasteiger partial charge in [-0.2, -0.15) is 0 Å². The van der Waals surface area contributed by atoms with Gasteiger partial charge in [-0.1, -0.05) is 20.8 Å². The van der Waals surface area contributed by atoms with Gasteiger partial charge in [0.2, 0.25) is 5.91 Å². The average molecular weight is 238 g/mol. The summed E-state index contributed by atoms with van der Waals surface area (Å²) in [6.07, 6.45) is 3.59. The molecular weight excluding hydrogens is 212 g/mol. The minimum atomic E-state index is 0.329. The van der Waals surface area contributed by atoms with Crippen LogP contribution < -0.4 is 5.32 Å². The first-order valence-corrected chi connectivity index (χ1v) is 7.10. The molecule has 1 heterocycles. The Labute approximate surface area is 105 Å². The minimum absolute atomic E-state index is 0.329. The van der Waals surface area contributed by atoms with E-state index >= 15 is 0 Å².